The van der Waals surface area contributed by atoms with Gasteiger partial charge in [0.25, 0.3) is 0 Å². The van der Waals surface area contributed by atoms with Crippen molar-refractivity contribution in [2.45, 2.75) is 26.2 Å². The summed E-state index contributed by atoms with van der Waals surface area (Å²) in [6.07, 6.45) is 2.03. The van der Waals surface area contributed by atoms with E-state index in [0.29, 0.717) is 32.8 Å². The molecule has 7 heteroatoms. The van der Waals surface area contributed by atoms with Gasteiger partial charge in [0, 0.05) is 18.8 Å². The lowest BCUT2D eigenvalue weighted by Crippen LogP contribution is -2.49. The van der Waals surface area contributed by atoms with E-state index >= 15 is 0 Å². The van der Waals surface area contributed by atoms with Gasteiger partial charge in [-0.25, -0.2) is 0 Å². The van der Waals surface area contributed by atoms with E-state index in [4.69, 9.17) is 9.47 Å². The molecular formula is C17H22N2O4S. The van der Waals surface area contributed by atoms with Gasteiger partial charge in [0.15, 0.2) is 5.79 Å². The second-order valence-corrected chi connectivity index (χ2v) is 9.10. The maximum absolute atomic E-state index is 12.9. The number of benzene rings is 1. The molecule has 130 valence electrons. The fourth-order valence-corrected chi connectivity index (χ4v) is 5.15. The van der Waals surface area contributed by atoms with Gasteiger partial charge in [-0.3, -0.25) is 4.31 Å². The predicted molar refractivity (Wildman–Crippen MR) is 89.0 cm³/mol. The number of fused-ring (bicyclic) bond motifs is 1. The third-order valence-corrected chi connectivity index (χ3v) is 6.64. The van der Waals surface area contributed by atoms with Gasteiger partial charge in [0.2, 0.25) is 0 Å². The van der Waals surface area contributed by atoms with Gasteiger partial charge in [-0.15, -0.1) is 0 Å². The molecule has 0 N–H and O–H groups in total. The van der Waals surface area contributed by atoms with Crippen LogP contribution >= 0.6 is 0 Å². The normalized spacial score (nSPS) is 27.2. The van der Waals surface area contributed by atoms with Crippen molar-refractivity contribution in [2.75, 3.05) is 26.3 Å². The molecule has 0 amide bonds. The maximum atomic E-state index is 12.9. The summed E-state index contributed by atoms with van der Waals surface area (Å²) in [5, 5.41) is 0. The quantitative estimate of drug-likeness (QED) is 0.815. The van der Waals surface area contributed by atoms with Gasteiger partial charge < -0.3 is 9.47 Å². The molecule has 3 aliphatic rings. The summed E-state index contributed by atoms with van der Waals surface area (Å²) in [4.78, 5) is 0. The lowest BCUT2D eigenvalue weighted by molar-refractivity contribution is -0.275. The van der Waals surface area contributed by atoms with Gasteiger partial charge in [0.05, 0.1) is 25.2 Å². The van der Waals surface area contributed by atoms with Crippen LogP contribution in [0.15, 0.2) is 42.1 Å². The van der Waals surface area contributed by atoms with Gasteiger partial charge >= 0.3 is 10.2 Å². The smallest absolute Gasteiger partial charge is 0.304 e. The molecule has 6 nitrogen and oxygen atoms in total. The number of hydrogen-bond donors (Lipinski definition) is 0. The van der Waals surface area contributed by atoms with E-state index in [2.05, 4.69) is 0 Å². The molecule has 1 aromatic carbocycles. The topological polar surface area (TPSA) is 59.1 Å². The van der Waals surface area contributed by atoms with Crippen LogP contribution in [0, 0.1) is 5.41 Å². The summed E-state index contributed by atoms with van der Waals surface area (Å²) in [6, 6.07) is 9.66. The van der Waals surface area contributed by atoms with E-state index in [0.717, 1.165) is 11.3 Å². The molecule has 0 bridgehead atoms. The molecule has 0 unspecified atom stereocenters. The molecule has 0 aromatic heterocycles. The second-order valence-electron chi connectivity index (χ2n) is 7.24. The van der Waals surface area contributed by atoms with Crippen LogP contribution in [0.5, 0.6) is 0 Å². The van der Waals surface area contributed by atoms with Crippen molar-refractivity contribution in [2.24, 2.45) is 5.41 Å². The van der Waals surface area contributed by atoms with E-state index < -0.39 is 16.0 Å². The van der Waals surface area contributed by atoms with E-state index in [1.807, 2.05) is 50.3 Å². The Balaban J connectivity index is 1.54. The highest BCUT2D eigenvalue weighted by atomic mass is 32.2. The molecule has 3 heterocycles. The van der Waals surface area contributed by atoms with Crippen LogP contribution in [0.25, 0.3) is 0 Å². The Morgan fingerprint density at radius 2 is 1.79 bits per heavy atom. The van der Waals surface area contributed by atoms with Crippen LogP contribution in [-0.2, 0) is 26.2 Å². The molecule has 1 aromatic rings. The highest BCUT2D eigenvalue weighted by Gasteiger charge is 2.51. The minimum absolute atomic E-state index is 0.364. The molecule has 0 atom stereocenters. The minimum atomic E-state index is -3.48. The maximum Gasteiger partial charge on any atom is 0.304 e. The average molecular weight is 350 g/mol. The van der Waals surface area contributed by atoms with Gasteiger partial charge in [-0.2, -0.15) is 12.7 Å². The highest BCUT2D eigenvalue weighted by molar-refractivity contribution is 7.87. The van der Waals surface area contributed by atoms with E-state index in [1.54, 1.807) is 0 Å². The number of hydrogen-bond acceptors (Lipinski definition) is 4. The Morgan fingerprint density at radius 3 is 2.42 bits per heavy atom. The largest absolute Gasteiger partial charge is 0.349 e. The number of rotatable bonds is 2. The zero-order valence-corrected chi connectivity index (χ0v) is 14.8. The lowest BCUT2D eigenvalue weighted by atomic mass is 9.90. The number of nitrogens with zero attached hydrogens (tertiary/aromatic N) is 2. The van der Waals surface area contributed by atoms with Crippen LogP contribution in [0.2, 0.25) is 0 Å². The zero-order valence-electron chi connectivity index (χ0n) is 13.9. The lowest BCUT2D eigenvalue weighted by Gasteiger charge is -2.40. The molecule has 4 rings (SSSR count). The Kier molecular flexibility index (Phi) is 3.55. The Morgan fingerprint density at radius 1 is 1.12 bits per heavy atom. The first-order valence-electron chi connectivity index (χ1n) is 8.11. The van der Waals surface area contributed by atoms with Crippen molar-refractivity contribution in [1.82, 2.24) is 8.61 Å². The van der Waals surface area contributed by atoms with E-state index in [-0.39, 0.29) is 5.41 Å². The summed E-state index contributed by atoms with van der Waals surface area (Å²) in [5.41, 5.74) is 1.46. The second kappa shape index (κ2) is 5.29. The monoisotopic (exact) mass is 350 g/mol. The fraction of sp³-hybridized carbons (Fsp3) is 0.529. The molecule has 24 heavy (non-hydrogen) atoms. The van der Waals surface area contributed by atoms with Crippen molar-refractivity contribution in [3.05, 3.63) is 47.7 Å². The predicted octanol–water partition coefficient (Wildman–Crippen LogP) is 1.72. The van der Waals surface area contributed by atoms with Crippen molar-refractivity contribution < 1.29 is 17.9 Å². The first kappa shape index (κ1) is 16.1. The number of ether oxygens (including phenoxy) is 2. The summed E-state index contributed by atoms with van der Waals surface area (Å²) >= 11 is 0. The summed E-state index contributed by atoms with van der Waals surface area (Å²) in [5.74, 6) is -0.602. The van der Waals surface area contributed by atoms with Crippen LogP contribution in [0.4, 0.5) is 0 Å². The molecule has 0 saturated carbocycles. The molecule has 3 aliphatic heterocycles. The molecule has 2 fully saturated rings. The minimum Gasteiger partial charge on any atom is -0.349 e. The van der Waals surface area contributed by atoms with Gasteiger partial charge in [-0.05, 0) is 19.4 Å². The fourth-order valence-electron chi connectivity index (χ4n) is 3.43. The highest BCUT2D eigenvalue weighted by Crippen LogP contribution is 2.43. The summed E-state index contributed by atoms with van der Waals surface area (Å²) < 4.78 is 40.3. The molecule has 2 saturated heterocycles. The van der Waals surface area contributed by atoms with E-state index in [9.17, 15) is 8.42 Å². The van der Waals surface area contributed by atoms with Crippen LogP contribution < -0.4 is 0 Å². The Hall–Kier alpha value is -1.41. The Bertz CT molecular complexity index is 763. The van der Waals surface area contributed by atoms with Crippen molar-refractivity contribution in [3.63, 3.8) is 0 Å². The van der Waals surface area contributed by atoms with Crippen molar-refractivity contribution in [3.8, 4) is 0 Å². The molecular weight excluding hydrogens is 328 g/mol. The van der Waals surface area contributed by atoms with Crippen LogP contribution in [0.3, 0.4) is 0 Å². The van der Waals surface area contributed by atoms with Crippen LogP contribution in [0.1, 0.15) is 19.4 Å². The standard InChI is InChI=1S/C17H22N2O4S/c1-16(2)22-12-17(13-23-16)8-15-10-18(24(20,21)19(15)11-17)9-14-6-4-3-5-7-14/h3-8H,9-13H2,1-2H3. The third-order valence-electron chi connectivity index (χ3n) is 4.81. The van der Waals surface area contributed by atoms with Crippen LogP contribution in [-0.4, -0.2) is 49.1 Å². The third kappa shape index (κ3) is 2.65. The van der Waals surface area contributed by atoms with Gasteiger partial charge in [0.1, 0.15) is 0 Å². The van der Waals surface area contributed by atoms with Crippen molar-refractivity contribution in [1.29, 1.82) is 0 Å². The van der Waals surface area contributed by atoms with E-state index in [1.165, 1.54) is 8.61 Å². The SMILES string of the molecule is CC1(C)OCC2(C=C3CN(Cc4ccccc4)S(=O)(=O)N3C2)CO1. The first-order chi connectivity index (χ1) is 11.3. The first-order valence-corrected chi connectivity index (χ1v) is 9.51. The summed E-state index contributed by atoms with van der Waals surface area (Å²) in [7, 11) is -3.48. The average Bonchev–Trinajstić information content (AvgIpc) is 3.00. The molecule has 1 spiro atoms. The molecule has 0 aliphatic carbocycles. The van der Waals surface area contributed by atoms with Gasteiger partial charge in [-0.1, -0.05) is 36.4 Å². The summed E-state index contributed by atoms with van der Waals surface area (Å²) in [6.45, 7) is 5.91. The molecule has 0 radical (unpaired) electrons. The van der Waals surface area contributed by atoms with Crippen molar-refractivity contribution >= 4 is 10.2 Å². The Labute approximate surface area is 142 Å². The zero-order chi connectivity index (χ0) is 17.0.